The highest BCUT2D eigenvalue weighted by molar-refractivity contribution is 7.92. The van der Waals surface area contributed by atoms with Crippen molar-refractivity contribution in [2.24, 2.45) is 0 Å². The van der Waals surface area contributed by atoms with Gasteiger partial charge in [-0.15, -0.1) is 0 Å². The maximum absolute atomic E-state index is 14.5. The van der Waals surface area contributed by atoms with Gasteiger partial charge in [-0.2, -0.15) is 0 Å². The Morgan fingerprint density at radius 3 is 2.09 bits per heavy atom. The van der Waals surface area contributed by atoms with Crippen molar-refractivity contribution in [3.63, 3.8) is 0 Å². The third-order valence-electron chi connectivity index (χ3n) is 7.42. The molecular formula is C34H35ClFN3O7S. The monoisotopic (exact) mass is 683 g/mol. The standard InChI is InChI=1S/C34H35ClFN3O7S/c1-37-34(41)29(18-23-8-6-5-7-9-23)38(21-24-10-13-26(36)14-11-24)33(40)22-39(28-19-25(35)12-16-30(28)44-2)47(42,43)27-15-17-31(45-3)32(20-27)46-4/h5-17,19-20,29H,18,21-22H2,1-4H3,(H,37,41)/t29-/m0/s1. The van der Waals surface area contributed by atoms with Gasteiger partial charge in [0.15, 0.2) is 11.5 Å². The Morgan fingerprint density at radius 2 is 1.47 bits per heavy atom. The summed E-state index contributed by atoms with van der Waals surface area (Å²) in [6.07, 6.45) is 0.121. The van der Waals surface area contributed by atoms with Crippen molar-refractivity contribution in [1.29, 1.82) is 0 Å². The highest BCUT2D eigenvalue weighted by Crippen LogP contribution is 2.37. The quantitative estimate of drug-likeness (QED) is 0.197. The minimum Gasteiger partial charge on any atom is -0.495 e. The van der Waals surface area contributed by atoms with E-state index in [4.69, 9.17) is 25.8 Å². The van der Waals surface area contributed by atoms with E-state index >= 15 is 0 Å². The molecular weight excluding hydrogens is 649 g/mol. The Bertz CT molecular complexity index is 1810. The maximum atomic E-state index is 14.5. The lowest BCUT2D eigenvalue weighted by molar-refractivity contribution is -0.139. The summed E-state index contributed by atoms with van der Waals surface area (Å²) in [6, 6.07) is 21.9. The summed E-state index contributed by atoms with van der Waals surface area (Å²) < 4.78 is 59.6. The molecule has 47 heavy (non-hydrogen) atoms. The second-order valence-corrected chi connectivity index (χ2v) is 12.6. The molecule has 0 aliphatic rings. The number of likely N-dealkylation sites (N-methyl/N-ethyl adjacent to an activating group) is 1. The number of nitrogens with one attached hydrogen (secondary N) is 1. The number of sulfonamides is 1. The van der Waals surface area contributed by atoms with Gasteiger partial charge in [0.1, 0.15) is 24.2 Å². The predicted octanol–water partition coefficient (Wildman–Crippen LogP) is 5.09. The van der Waals surface area contributed by atoms with Crippen LogP contribution in [0.5, 0.6) is 17.2 Å². The van der Waals surface area contributed by atoms with Crippen LogP contribution in [0, 0.1) is 5.82 Å². The van der Waals surface area contributed by atoms with Crippen LogP contribution in [0.2, 0.25) is 5.02 Å². The van der Waals surface area contributed by atoms with Crippen LogP contribution in [-0.4, -0.2) is 66.1 Å². The molecule has 0 aromatic heterocycles. The van der Waals surface area contributed by atoms with Gasteiger partial charge in [-0.3, -0.25) is 13.9 Å². The van der Waals surface area contributed by atoms with Crippen LogP contribution in [0.3, 0.4) is 0 Å². The number of hydrogen-bond acceptors (Lipinski definition) is 7. The molecule has 0 saturated heterocycles. The fourth-order valence-corrected chi connectivity index (χ4v) is 6.58. The smallest absolute Gasteiger partial charge is 0.265 e. The van der Waals surface area contributed by atoms with Crippen LogP contribution in [0.25, 0.3) is 0 Å². The summed E-state index contributed by atoms with van der Waals surface area (Å²) in [7, 11) is 1.08. The largest absolute Gasteiger partial charge is 0.495 e. The Kier molecular flexibility index (Phi) is 11.7. The Balaban J connectivity index is 1.86. The Hall–Kier alpha value is -4.81. The number of amides is 2. The van der Waals surface area contributed by atoms with E-state index < -0.39 is 40.2 Å². The van der Waals surface area contributed by atoms with E-state index in [1.165, 1.54) is 93.9 Å². The molecule has 248 valence electrons. The molecule has 0 fully saturated rings. The van der Waals surface area contributed by atoms with Crippen LogP contribution in [0.1, 0.15) is 11.1 Å². The molecule has 1 atom stereocenters. The number of carbonyl (C=O) groups excluding carboxylic acids is 2. The first kappa shape index (κ1) is 35.1. The molecule has 0 aliphatic carbocycles. The number of methoxy groups -OCH3 is 3. The number of anilines is 1. The first-order chi connectivity index (χ1) is 22.5. The van der Waals surface area contributed by atoms with Gasteiger partial charge in [-0.25, -0.2) is 12.8 Å². The number of nitrogens with zero attached hydrogens (tertiary/aromatic N) is 2. The summed E-state index contributed by atoms with van der Waals surface area (Å²) >= 11 is 6.33. The average molecular weight is 684 g/mol. The molecule has 10 nitrogen and oxygen atoms in total. The minimum atomic E-state index is -4.52. The van der Waals surface area contributed by atoms with Gasteiger partial charge in [0.2, 0.25) is 11.8 Å². The van der Waals surface area contributed by atoms with E-state index in [-0.39, 0.29) is 40.1 Å². The van der Waals surface area contributed by atoms with Gasteiger partial charge in [0.25, 0.3) is 10.0 Å². The Morgan fingerprint density at radius 1 is 0.830 bits per heavy atom. The van der Waals surface area contributed by atoms with Crippen LogP contribution >= 0.6 is 11.6 Å². The number of hydrogen-bond donors (Lipinski definition) is 1. The zero-order chi connectivity index (χ0) is 34.1. The zero-order valence-electron chi connectivity index (χ0n) is 26.3. The first-order valence-corrected chi connectivity index (χ1v) is 16.2. The van der Waals surface area contributed by atoms with Crippen molar-refractivity contribution in [3.8, 4) is 17.2 Å². The van der Waals surface area contributed by atoms with Crippen LogP contribution in [-0.2, 0) is 32.6 Å². The molecule has 0 unspecified atom stereocenters. The summed E-state index contributed by atoms with van der Waals surface area (Å²) in [5.74, 6) is -1.08. The summed E-state index contributed by atoms with van der Waals surface area (Å²) in [6.45, 7) is -0.877. The van der Waals surface area contributed by atoms with E-state index in [1.54, 1.807) is 0 Å². The van der Waals surface area contributed by atoms with Crippen molar-refractivity contribution in [2.45, 2.75) is 23.9 Å². The second-order valence-electron chi connectivity index (χ2n) is 10.3. The van der Waals surface area contributed by atoms with Gasteiger partial charge in [-0.05, 0) is 53.6 Å². The summed E-state index contributed by atoms with van der Waals surface area (Å²) in [5.41, 5.74) is 1.28. The molecule has 0 saturated carbocycles. The van der Waals surface area contributed by atoms with Crippen molar-refractivity contribution >= 4 is 39.1 Å². The molecule has 13 heteroatoms. The molecule has 4 rings (SSSR count). The SMILES string of the molecule is CNC(=O)[C@H](Cc1ccccc1)N(Cc1ccc(F)cc1)C(=O)CN(c1cc(Cl)ccc1OC)S(=O)(=O)c1ccc(OC)c(OC)c1. The topological polar surface area (TPSA) is 114 Å². The lowest BCUT2D eigenvalue weighted by Crippen LogP contribution is -2.53. The van der Waals surface area contributed by atoms with Crippen LogP contribution in [0.4, 0.5) is 10.1 Å². The number of rotatable bonds is 14. The number of halogens is 2. The lowest BCUT2D eigenvalue weighted by Gasteiger charge is -2.34. The molecule has 2 amide bonds. The molecule has 0 bridgehead atoms. The van der Waals surface area contributed by atoms with Gasteiger partial charge in [0, 0.05) is 31.1 Å². The Labute approximate surface area is 278 Å². The van der Waals surface area contributed by atoms with E-state index in [0.717, 1.165) is 9.87 Å². The van der Waals surface area contributed by atoms with E-state index in [1.807, 2.05) is 30.3 Å². The third-order valence-corrected chi connectivity index (χ3v) is 9.41. The molecule has 1 N–H and O–H groups in total. The van der Waals surface area contributed by atoms with Crippen molar-refractivity contribution in [1.82, 2.24) is 10.2 Å². The molecule has 4 aromatic carbocycles. The first-order valence-electron chi connectivity index (χ1n) is 14.4. The predicted molar refractivity (Wildman–Crippen MR) is 177 cm³/mol. The van der Waals surface area contributed by atoms with Crippen LogP contribution < -0.4 is 23.8 Å². The molecule has 0 radical (unpaired) electrons. The summed E-state index contributed by atoms with van der Waals surface area (Å²) in [5, 5.41) is 2.81. The van der Waals surface area contributed by atoms with Gasteiger partial charge < -0.3 is 24.4 Å². The van der Waals surface area contributed by atoms with Gasteiger partial charge >= 0.3 is 0 Å². The molecule has 0 aliphatic heterocycles. The van der Waals surface area contributed by atoms with E-state index in [9.17, 15) is 22.4 Å². The minimum absolute atomic E-state index is 0.00980. The normalized spacial score (nSPS) is 11.7. The fraction of sp³-hybridized carbons (Fsp3) is 0.235. The molecule has 0 heterocycles. The lowest BCUT2D eigenvalue weighted by atomic mass is 10.0. The highest BCUT2D eigenvalue weighted by atomic mass is 35.5. The zero-order valence-corrected chi connectivity index (χ0v) is 27.8. The fourth-order valence-electron chi connectivity index (χ4n) is 4.98. The van der Waals surface area contributed by atoms with Crippen molar-refractivity contribution < 1.29 is 36.6 Å². The van der Waals surface area contributed by atoms with E-state index in [2.05, 4.69) is 5.32 Å². The van der Waals surface area contributed by atoms with Gasteiger partial charge in [-0.1, -0.05) is 54.1 Å². The average Bonchev–Trinajstić information content (AvgIpc) is 3.09. The number of carbonyl (C=O) groups is 2. The highest BCUT2D eigenvalue weighted by Gasteiger charge is 2.36. The second kappa shape index (κ2) is 15.7. The van der Waals surface area contributed by atoms with Gasteiger partial charge in [0.05, 0.1) is 31.9 Å². The number of ether oxygens (including phenoxy) is 3. The molecule has 4 aromatic rings. The van der Waals surface area contributed by atoms with Crippen molar-refractivity contribution in [3.05, 3.63) is 113 Å². The third kappa shape index (κ3) is 8.32. The van der Waals surface area contributed by atoms with E-state index in [0.29, 0.717) is 11.3 Å². The maximum Gasteiger partial charge on any atom is 0.265 e. The van der Waals surface area contributed by atoms with Crippen LogP contribution in [0.15, 0.2) is 95.9 Å². The summed E-state index contributed by atoms with van der Waals surface area (Å²) in [4.78, 5) is 29.0. The molecule has 0 spiro atoms. The number of benzene rings is 4. The van der Waals surface area contributed by atoms with Crippen molar-refractivity contribution in [2.75, 3.05) is 39.2 Å².